The molecule has 1 aliphatic carbocycles. The first-order valence-corrected chi connectivity index (χ1v) is 9.03. The highest BCUT2D eigenvalue weighted by atomic mass is 16.5. The van der Waals surface area contributed by atoms with Gasteiger partial charge in [0, 0.05) is 11.1 Å². The summed E-state index contributed by atoms with van der Waals surface area (Å²) >= 11 is 0. The molecule has 2 aromatic carbocycles. The first-order valence-electron chi connectivity index (χ1n) is 9.03. The SMILES string of the molecule is CC(OC(=O)C(C)(C)C(C)(C)C)c1ccc2c(c1)C(=O)c1ccccc1-2. The summed E-state index contributed by atoms with van der Waals surface area (Å²) in [6.07, 6.45) is -0.411. The Hall–Kier alpha value is -2.42. The molecule has 0 radical (unpaired) electrons. The number of benzene rings is 2. The maximum absolute atomic E-state index is 12.7. The highest BCUT2D eigenvalue weighted by Crippen LogP contribution is 2.41. The zero-order valence-electron chi connectivity index (χ0n) is 16.3. The Morgan fingerprint density at radius 3 is 2.08 bits per heavy atom. The van der Waals surface area contributed by atoms with E-state index in [9.17, 15) is 9.59 Å². The van der Waals surface area contributed by atoms with Gasteiger partial charge in [0.1, 0.15) is 6.10 Å². The summed E-state index contributed by atoms with van der Waals surface area (Å²) in [5.74, 6) is -0.196. The van der Waals surface area contributed by atoms with E-state index >= 15 is 0 Å². The van der Waals surface area contributed by atoms with Crippen LogP contribution < -0.4 is 0 Å². The fourth-order valence-electron chi connectivity index (χ4n) is 2.98. The van der Waals surface area contributed by atoms with Crippen LogP contribution in [0.4, 0.5) is 0 Å². The molecule has 3 nitrogen and oxygen atoms in total. The first-order chi connectivity index (χ1) is 12.0. The second-order valence-corrected chi connectivity index (χ2v) is 8.60. The lowest BCUT2D eigenvalue weighted by atomic mass is 9.69. The molecule has 0 N–H and O–H groups in total. The highest BCUT2D eigenvalue weighted by molar-refractivity contribution is 6.21. The number of carbonyl (C=O) groups is 2. The summed E-state index contributed by atoms with van der Waals surface area (Å²) in [5, 5.41) is 0. The van der Waals surface area contributed by atoms with Gasteiger partial charge in [-0.15, -0.1) is 0 Å². The van der Waals surface area contributed by atoms with Crippen LogP contribution in [0.15, 0.2) is 42.5 Å². The average Bonchev–Trinajstić information content (AvgIpc) is 2.86. The lowest BCUT2D eigenvalue weighted by Gasteiger charge is -2.37. The molecule has 2 aromatic rings. The van der Waals surface area contributed by atoms with E-state index in [1.807, 2.05) is 84.0 Å². The van der Waals surface area contributed by atoms with Crippen molar-refractivity contribution in [1.82, 2.24) is 0 Å². The molecule has 1 unspecified atom stereocenters. The summed E-state index contributed by atoms with van der Waals surface area (Å²) in [7, 11) is 0. The monoisotopic (exact) mass is 350 g/mol. The van der Waals surface area contributed by atoms with E-state index in [4.69, 9.17) is 4.74 Å². The minimum absolute atomic E-state index is 0.0333. The molecule has 0 aliphatic heterocycles. The van der Waals surface area contributed by atoms with Crippen molar-refractivity contribution in [2.24, 2.45) is 10.8 Å². The van der Waals surface area contributed by atoms with E-state index in [0.29, 0.717) is 5.56 Å². The van der Waals surface area contributed by atoms with Crippen LogP contribution in [0.1, 0.15) is 69.1 Å². The highest BCUT2D eigenvalue weighted by Gasteiger charge is 2.42. The molecule has 0 saturated carbocycles. The van der Waals surface area contributed by atoms with Gasteiger partial charge in [0.25, 0.3) is 0 Å². The lowest BCUT2D eigenvalue weighted by molar-refractivity contribution is -0.165. The van der Waals surface area contributed by atoms with Gasteiger partial charge in [-0.25, -0.2) is 0 Å². The van der Waals surface area contributed by atoms with Gasteiger partial charge in [-0.05, 0) is 48.9 Å². The number of hydrogen-bond acceptors (Lipinski definition) is 3. The van der Waals surface area contributed by atoms with Gasteiger partial charge in [-0.3, -0.25) is 9.59 Å². The normalized spacial score (nSPS) is 14.6. The van der Waals surface area contributed by atoms with E-state index < -0.39 is 11.5 Å². The average molecular weight is 350 g/mol. The second kappa shape index (κ2) is 6.08. The number of esters is 1. The van der Waals surface area contributed by atoms with Gasteiger partial charge in [-0.2, -0.15) is 0 Å². The number of carbonyl (C=O) groups excluding carboxylic acids is 2. The largest absolute Gasteiger partial charge is 0.457 e. The quantitative estimate of drug-likeness (QED) is 0.580. The molecule has 0 fully saturated rings. The molecular weight excluding hydrogens is 324 g/mol. The predicted octanol–water partition coefficient (Wildman–Crippen LogP) is 5.57. The van der Waals surface area contributed by atoms with Crippen LogP contribution in [0.25, 0.3) is 11.1 Å². The standard InChI is InChI=1S/C23H26O3/c1-14(26-21(25)23(5,6)22(2,3)4)15-11-12-17-16-9-7-8-10-18(16)20(24)19(17)13-15/h7-14H,1-6H3. The smallest absolute Gasteiger partial charge is 0.312 e. The van der Waals surface area contributed by atoms with Gasteiger partial charge in [-0.1, -0.05) is 57.2 Å². The van der Waals surface area contributed by atoms with Crippen LogP contribution in [0.3, 0.4) is 0 Å². The fourth-order valence-corrected chi connectivity index (χ4v) is 2.98. The molecule has 0 aromatic heterocycles. The number of ketones is 1. The number of fused-ring (bicyclic) bond motifs is 3. The van der Waals surface area contributed by atoms with Gasteiger partial charge in [0.2, 0.25) is 0 Å². The van der Waals surface area contributed by atoms with Crippen LogP contribution in [0.5, 0.6) is 0 Å². The number of ether oxygens (including phenoxy) is 1. The first kappa shape index (κ1) is 18.4. The number of rotatable bonds is 3. The van der Waals surface area contributed by atoms with Crippen molar-refractivity contribution in [3.63, 3.8) is 0 Å². The van der Waals surface area contributed by atoms with Crippen molar-refractivity contribution in [3.05, 3.63) is 59.2 Å². The molecular formula is C23H26O3. The maximum Gasteiger partial charge on any atom is 0.312 e. The third-order valence-electron chi connectivity index (χ3n) is 5.89. The summed E-state index contributed by atoms with van der Waals surface area (Å²) in [5.41, 5.74) is 3.35. The van der Waals surface area contributed by atoms with Crippen molar-refractivity contribution in [1.29, 1.82) is 0 Å². The van der Waals surface area contributed by atoms with Crippen LogP contribution in [-0.4, -0.2) is 11.8 Å². The summed E-state index contributed by atoms with van der Waals surface area (Å²) in [6.45, 7) is 11.8. The van der Waals surface area contributed by atoms with E-state index in [2.05, 4.69) is 0 Å². The second-order valence-electron chi connectivity index (χ2n) is 8.60. The summed E-state index contributed by atoms with van der Waals surface area (Å²) in [6, 6.07) is 13.4. The molecule has 136 valence electrons. The van der Waals surface area contributed by atoms with Crippen LogP contribution in [0, 0.1) is 10.8 Å². The Morgan fingerprint density at radius 2 is 1.46 bits per heavy atom. The maximum atomic E-state index is 12.7. The van der Waals surface area contributed by atoms with Crippen molar-refractivity contribution >= 4 is 11.8 Å². The topological polar surface area (TPSA) is 43.4 Å². The molecule has 0 saturated heterocycles. The Bertz CT molecular complexity index is 885. The van der Waals surface area contributed by atoms with Gasteiger partial charge in [0.05, 0.1) is 5.41 Å². The molecule has 0 amide bonds. The van der Waals surface area contributed by atoms with Crippen molar-refractivity contribution in [3.8, 4) is 11.1 Å². The Labute approximate surface area is 155 Å². The molecule has 26 heavy (non-hydrogen) atoms. The third-order valence-corrected chi connectivity index (χ3v) is 5.89. The molecule has 3 heteroatoms. The number of hydrogen-bond donors (Lipinski definition) is 0. The zero-order valence-corrected chi connectivity index (χ0v) is 16.3. The van der Waals surface area contributed by atoms with E-state index in [0.717, 1.165) is 22.3 Å². The molecule has 0 heterocycles. The zero-order chi connectivity index (χ0) is 19.3. The van der Waals surface area contributed by atoms with Gasteiger partial charge < -0.3 is 4.74 Å². The van der Waals surface area contributed by atoms with Crippen molar-refractivity contribution < 1.29 is 14.3 Å². The van der Waals surface area contributed by atoms with Gasteiger partial charge >= 0.3 is 5.97 Å². The minimum atomic E-state index is -0.607. The minimum Gasteiger partial charge on any atom is -0.457 e. The van der Waals surface area contributed by atoms with E-state index in [1.165, 1.54) is 0 Å². The molecule has 1 atom stereocenters. The van der Waals surface area contributed by atoms with Gasteiger partial charge in [0.15, 0.2) is 5.78 Å². The molecule has 3 rings (SSSR count). The molecule has 0 spiro atoms. The Morgan fingerprint density at radius 1 is 0.885 bits per heavy atom. The van der Waals surface area contributed by atoms with Crippen LogP contribution in [0.2, 0.25) is 0 Å². The Kier molecular flexibility index (Phi) is 4.30. The van der Waals surface area contributed by atoms with Crippen molar-refractivity contribution in [2.45, 2.75) is 47.6 Å². The van der Waals surface area contributed by atoms with Crippen LogP contribution in [-0.2, 0) is 9.53 Å². The van der Waals surface area contributed by atoms with E-state index in [-0.39, 0.29) is 17.2 Å². The van der Waals surface area contributed by atoms with Crippen molar-refractivity contribution in [2.75, 3.05) is 0 Å². The molecule has 1 aliphatic rings. The third kappa shape index (κ3) is 2.86. The Balaban J connectivity index is 1.86. The summed E-state index contributed by atoms with van der Waals surface area (Å²) in [4.78, 5) is 25.4. The predicted molar refractivity (Wildman–Crippen MR) is 103 cm³/mol. The lowest BCUT2D eigenvalue weighted by Crippen LogP contribution is -2.39. The van der Waals surface area contributed by atoms with Crippen LogP contribution >= 0.6 is 0 Å². The summed E-state index contributed by atoms with van der Waals surface area (Å²) < 4.78 is 5.75. The molecule has 0 bridgehead atoms. The fraction of sp³-hybridized carbons (Fsp3) is 0.391. The van der Waals surface area contributed by atoms with E-state index in [1.54, 1.807) is 0 Å².